The van der Waals surface area contributed by atoms with Crippen LogP contribution in [0.3, 0.4) is 0 Å². The molecule has 0 unspecified atom stereocenters. The zero-order valence-electron chi connectivity index (χ0n) is 13.6. The Kier molecular flexibility index (Phi) is 5.98. The minimum absolute atomic E-state index is 0.0350. The summed E-state index contributed by atoms with van der Waals surface area (Å²) in [7, 11) is -3.77. The van der Waals surface area contributed by atoms with Crippen molar-refractivity contribution in [2.75, 3.05) is 11.1 Å². The average Bonchev–Trinajstić information content (AvgIpc) is 2.52. The zero-order valence-corrected chi connectivity index (χ0v) is 15.3. The van der Waals surface area contributed by atoms with Crippen LogP contribution in [-0.2, 0) is 14.8 Å². The Labute approximate surface area is 149 Å². The number of anilines is 1. The van der Waals surface area contributed by atoms with E-state index >= 15 is 0 Å². The lowest BCUT2D eigenvalue weighted by atomic mass is 10.1. The number of nitrogens with zero attached hydrogens (tertiary/aromatic N) is 1. The first kappa shape index (κ1) is 19.2. The molecular weight excluding hydrogens is 364 g/mol. The molecule has 0 fully saturated rings. The van der Waals surface area contributed by atoms with E-state index in [0.717, 1.165) is 11.8 Å². The molecule has 0 saturated carbocycles. The molecule has 0 spiro atoms. The molecule has 0 aliphatic heterocycles. The summed E-state index contributed by atoms with van der Waals surface area (Å²) in [4.78, 5) is 30.4. The van der Waals surface area contributed by atoms with Gasteiger partial charge < -0.3 is 10.3 Å². The molecule has 0 radical (unpaired) electrons. The first-order valence-electron chi connectivity index (χ1n) is 7.32. The maximum atomic E-state index is 12.0. The number of rotatable bonds is 6. The van der Waals surface area contributed by atoms with Crippen LogP contribution < -0.4 is 16.0 Å². The number of carbonyl (C=O) groups is 1. The van der Waals surface area contributed by atoms with E-state index < -0.39 is 10.0 Å². The van der Waals surface area contributed by atoms with Gasteiger partial charge in [-0.1, -0.05) is 25.6 Å². The van der Waals surface area contributed by atoms with Crippen LogP contribution in [0.15, 0.2) is 45.2 Å². The van der Waals surface area contributed by atoms with Crippen LogP contribution >= 0.6 is 11.8 Å². The van der Waals surface area contributed by atoms with Crippen LogP contribution in [0.25, 0.3) is 0 Å². The standard InChI is InChI=1S/C15H18N4O4S2/c1-9(2)12-7-13(20)19-15(18-12)24-8-14(21)17-10-3-5-11(6-4-10)25(16,22)23/h3-7,9H,8H2,1-2H3,(H,17,21)(H2,16,22,23)(H,18,19,20). The number of aromatic nitrogens is 2. The second-order valence-corrected chi connectivity index (χ2v) is 8.06. The van der Waals surface area contributed by atoms with E-state index in [2.05, 4.69) is 15.3 Å². The molecule has 0 bridgehead atoms. The molecule has 134 valence electrons. The van der Waals surface area contributed by atoms with Crippen molar-refractivity contribution in [3.8, 4) is 0 Å². The predicted molar refractivity (Wildman–Crippen MR) is 96.1 cm³/mol. The maximum absolute atomic E-state index is 12.0. The fourth-order valence-corrected chi connectivity index (χ4v) is 3.07. The zero-order chi connectivity index (χ0) is 18.6. The Morgan fingerprint density at radius 3 is 2.52 bits per heavy atom. The van der Waals surface area contributed by atoms with E-state index in [4.69, 9.17) is 5.14 Å². The fraction of sp³-hybridized carbons (Fsp3) is 0.267. The third kappa shape index (κ3) is 5.69. The number of hydrogen-bond donors (Lipinski definition) is 3. The molecule has 8 nitrogen and oxygen atoms in total. The SMILES string of the molecule is CC(C)c1cc(=O)[nH]c(SCC(=O)Nc2ccc(S(N)(=O)=O)cc2)n1. The highest BCUT2D eigenvalue weighted by Gasteiger charge is 2.10. The summed E-state index contributed by atoms with van der Waals surface area (Å²) in [6.45, 7) is 3.85. The molecule has 1 aromatic carbocycles. The lowest BCUT2D eigenvalue weighted by Gasteiger charge is -2.07. The Hall–Kier alpha value is -2.17. The summed E-state index contributed by atoms with van der Waals surface area (Å²) in [5, 5.41) is 8.01. The van der Waals surface area contributed by atoms with Gasteiger partial charge in [-0.05, 0) is 30.2 Å². The first-order valence-corrected chi connectivity index (χ1v) is 9.85. The third-order valence-corrected chi connectivity index (χ3v) is 4.94. The highest BCUT2D eigenvalue weighted by molar-refractivity contribution is 7.99. The van der Waals surface area contributed by atoms with Gasteiger partial charge in [0.15, 0.2) is 5.16 Å². The average molecular weight is 382 g/mol. The van der Waals surface area contributed by atoms with Gasteiger partial charge in [0.25, 0.3) is 5.56 Å². The summed E-state index contributed by atoms with van der Waals surface area (Å²) in [5.74, 6) is -0.166. The number of benzene rings is 1. The first-order chi connectivity index (χ1) is 11.6. The predicted octanol–water partition coefficient (Wildman–Crippen LogP) is 1.27. The molecular formula is C15H18N4O4S2. The van der Waals surface area contributed by atoms with Gasteiger partial charge in [-0.25, -0.2) is 18.5 Å². The number of thioether (sulfide) groups is 1. The highest BCUT2D eigenvalue weighted by atomic mass is 32.2. The third-order valence-electron chi connectivity index (χ3n) is 3.14. The Balaban J connectivity index is 1.98. The number of hydrogen-bond acceptors (Lipinski definition) is 6. The molecule has 4 N–H and O–H groups in total. The second-order valence-electron chi connectivity index (χ2n) is 5.54. The highest BCUT2D eigenvalue weighted by Crippen LogP contribution is 2.17. The topological polar surface area (TPSA) is 135 Å². The van der Waals surface area contributed by atoms with E-state index in [9.17, 15) is 18.0 Å². The van der Waals surface area contributed by atoms with Crippen molar-refractivity contribution >= 4 is 33.4 Å². The largest absolute Gasteiger partial charge is 0.325 e. The number of primary sulfonamides is 1. The van der Waals surface area contributed by atoms with Gasteiger partial charge in [-0.2, -0.15) is 0 Å². The number of nitrogens with two attached hydrogens (primary N) is 1. The van der Waals surface area contributed by atoms with Crippen molar-refractivity contribution in [1.82, 2.24) is 9.97 Å². The minimum atomic E-state index is -3.77. The number of aromatic amines is 1. The lowest BCUT2D eigenvalue weighted by Crippen LogP contribution is -2.16. The van der Waals surface area contributed by atoms with Crippen molar-refractivity contribution in [3.63, 3.8) is 0 Å². The molecule has 10 heteroatoms. The minimum Gasteiger partial charge on any atom is -0.325 e. The summed E-state index contributed by atoms with van der Waals surface area (Å²) in [5.41, 5.74) is 0.834. The molecule has 25 heavy (non-hydrogen) atoms. The lowest BCUT2D eigenvalue weighted by molar-refractivity contribution is -0.113. The number of carbonyl (C=O) groups excluding carboxylic acids is 1. The van der Waals surface area contributed by atoms with Gasteiger partial charge in [-0.15, -0.1) is 0 Å². The summed E-state index contributed by atoms with van der Waals surface area (Å²) >= 11 is 1.11. The summed E-state index contributed by atoms with van der Waals surface area (Å²) in [6, 6.07) is 6.94. The van der Waals surface area contributed by atoms with Crippen molar-refractivity contribution in [1.29, 1.82) is 0 Å². The van der Waals surface area contributed by atoms with Crippen LogP contribution in [-0.4, -0.2) is 30.0 Å². The summed E-state index contributed by atoms with van der Waals surface area (Å²) in [6.07, 6.45) is 0. The molecule has 0 saturated heterocycles. The number of H-pyrrole nitrogens is 1. The van der Waals surface area contributed by atoms with Crippen LogP contribution in [0.1, 0.15) is 25.5 Å². The van der Waals surface area contributed by atoms with Crippen molar-refractivity contribution < 1.29 is 13.2 Å². The van der Waals surface area contributed by atoms with Crippen molar-refractivity contribution in [2.24, 2.45) is 5.14 Å². The molecule has 0 aliphatic rings. The van der Waals surface area contributed by atoms with Gasteiger partial charge in [0.1, 0.15) is 0 Å². The molecule has 0 aliphatic carbocycles. The molecule has 1 amide bonds. The van der Waals surface area contributed by atoms with Gasteiger partial charge >= 0.3 is 0 Å². The smallest absolute Gasteiger partial charge is 0.251 e. The number of sulfonamides is 1. The number of amides is 1. The Morgan fingerprint density at radius 1 is 1.32 bits per heavy atom. The van der Waals surface area contributed by atoms with Gasteiger partial charge in [0.05, 0.1) is 16.3 Å². The van der Waals surface area contributed by atoms with Crippen molar-refractivity contribution in [3.05, 3.63) is 46.4 Å². The molecule has 0 atom stereocenters. The summed E-state index contributed by atoms with van der Waals surface area (Å²) < 4.78 is 22.4. The normalized spacial score (nSPS) is 11.5. The van der Waals surface area contributed by atoms with E-state index in [-0.39, 0.29) is 28.0 Å². The van der Waals surface area contributed by atoms with Crippen LogP contribution in [0.5, 0.6) is 0 Å². The number of nitrogens with one attached hydrogen (secondary N) is 2. The quantitative estimate of drug-likeness (QED) is 0.509. The Morgan fingerprint density at radius 2 is 1.96 bits per heavy atom. The van der Waals surface area contributed by atoms with Crippen LogP contribution in [0, 0.1) is 0 Å². The fourth-order valence-electron chi connectivity index (χ4n) is 1.88. The molecule has 2 aromatic rings. The van der Waals surface area contributed by atoms with Gasteiger partial charge in [0.2, 0.25) is 15.9 Å². The van der Waals surface area contributed by atoms with E-state index in [1.54, 1.807) is 0 Å². The Bertz CT molecular complexity index is 921. The molecule has 1 aromatic heterocycles. The van der Waals surface area contributed by atoms with Crippen molar-refractivity contribution in [2.45, 2.75) is 29.8 Å². The van der Waals surface area contributed by atoms with Crippen LogP contribution in [0.4, 0.5) is 5.69 Å². The molecule has 1 heterocycles. The maximum Gasteiger partial charge on any atom is 0.251 e. The van der Waals surface area contributed by atoms with Crippen LogP contribution in [0.2, 0.25) is 0 Å². The molecule has 2 rings (SSSR count). The van der Waals surface area contributed by atoms with E-state index in [1.807, 2.05) is 13.8 Å². The van der Waals surface area contributed by atoms with Gasteiger partial charge in [-0.3, -0.25) is 9.59 Å². The monoisotopic (exact) mass is 382 g/mol. The van der Waals surface area contributed by atoms with Gasteiger partial charge in [0, 0.05) is 11.8 Å². The van der Waals surface area contributed by atoms with E-state index in [0.29, 0.717) is 16.5 Å². The second kappa shape index (κ2) is 7.81. The van der Waals surface area contributed by atoms with E-state index in [1.165, 1.54) is 30.3 Å².